The maximum Gasteiger partial charge on any atom is 0.418 e. The third-order valence-corrected chi connectivity index (χ3v) is 5.94. The minimum atomic E-state index is -4.72. The summed E-state index contributed by atoms with van der Waals surface area (Å²) in [7, 11) is 0. The van der Waals surface area contributed by atoms with Crippen LogP contribution in [0.5, 0.6) is 0 Å². The Bertz CT molecular complexity index is 1230. The molecule has 2 N–H and O–H groups in total. The van der Waals surface area contributed by atoms with Crippen LogP contribution in [-0.2, 0) is 22.3 Å². The van der Waals surface area contributed by atoms with Gasteiger partial charge in [-0.25, -0.2) is 14.4 Å². The normalized spacial score (nSPS) is 17.6. The number of halogens is 4. The van der Waals surface area contributed by atoms with Crippen molar-refractivity contribution in [2.24, 2.45) is 5.41 Å². The van der Waals surface area contributed by atoms with Gasteiger partial charge in [-0.3, -0.25) is 9.59 Å². The van der Waals surface area contributed by atoms with Crippen LogP contribution in [0.15, 0.2) is 61.2 Å². The molecule has 4 rings (SSSR count). The highest BCUT2D eigenvalue weighted by atomic mass is 19.4. The molecule has 1 amide bonds. The van der Waals surface area contributed by atoms with E-state index in [1.165, 1.54) is 18.7 Å². The molecule has 2 heterocycles. The molecule has 1 saturated heterocycles. The highest BCUT2D eigenvalue weighted by Gasteiger charge is 2.44. The Morgan fingerprint density at radius 1 is 1.06 bits per heavy atom. The molecule has 1 fully saturated rings. The number of aromatic nitrogens is 2. The zero-order valence-corrected chi connectivity index (χ0v) is 18.9. The minimum Gasteiger partial charge on any atom is -0.380 e. The molecule has 1 aliphatic rings. The third-order valence-electron chi connectivity index (χ3n) is 5.94. The third kappa shape index (κ3) is 5.85. The summed E-state index contributed by atoms with van der Waals surface area (Å²) in [6, 6.07) is 8.80. The molecular weight excluding hydrogens is 480 g/mol. The molecule has 1 aliphatic heterocycles. The monoisotopic (exact) mass is 502 g/mol. The van der Waals surface area contributed by atoms with E-state index < -0.39 is 23.0 Å². The number of rotatable bonds is 8. The Labute approximate surface area is 203 Å². The van der Waals surface area contributed by atoms with Crippen LogP contribution < -0.4 is 10.6 Å². The minimum absolute atomic E-state index is 0.0473. The predicted octanol–water partition coefficient (Wildman–Crippen LogP) is 4.67. The lowest BCUT2D eigenvalue weighted by Gasteiger charge is -2.25. The molecule has 0 saturated carbocycles. The summed E-state index contributed by atoms with van der Waals surface area (Å²) in [5.41, 5.74) is -1.03. The molecule has 0 bridgehead atoms. The number of Topliss-reactive ketones (excluding diaryl/α,β-unsaturated/α-hetero) is 1. The fourth-order valence-corrected chi connectivity index (χ4v) is 3.95. The summed E-state index contributed by atoms with van der Waals surface area (Å²) < 4.78 is 58.4. The number of alkyl halides is 3. The van der Waals surface area contributed by atoms with Crippen LogP contribution in [0.4, 0.5) is 28.9 Å². The highest BCUT2D eigenvalue weighted by Crippen LogP contribution is 2.37. The standard InChI is InChI=1S/C25H22F4N4O3/c26-18-3-6-21(20(9-18)25(27,28)29)33-19-4-1-16(2-5-19)11-32-23(35)24(7-8-36-14-24)10-22(34)17-12-30-15-31-13-17/h1-6,9,12-13,15,33H,7-8,10-11,14H2,(H,32,35)/t24-/m0/s1. The van der Waals surface area contributed by atoms with E-state index in [2.05, 4.69) is 20.6 Å². The van der Waals surface area contributed by atoms with Crippen LogP contribution in [0.3, 0.4) is 0 Å². The van der Waals surface area contributed by atoms with Gasteiger partial charge < -0.3 is 15.4 Å². The van der Waals surface area contributed by atoms with Gasteiger partial charge in [0.2, 0.25) is 5.91 Å². The van der Waals surface area contributed by atoms with Gasteiger partial charge in [-0.2, -0.15) is 13.2 Å². The fraction of sp³-hybridized carbons (Fsp3) is 0.280. The van der Waals surface area contributed by atoms with Gasteiger partial charge in [0.25, 0.3) is 0 Å². The Morgan fingerprint density at radius 2 is 1.78 bits per heavy atom. The first-order chi connectivity index (χ1) is 17.2. The Morgan fingerprint density at radius 3 is 2.42 bits per heavy atom. The first kappa shape index (κ1) is 25.2. The maximum atomic E-state index is 13.3. The van der Waals surface area contributed by atoms with E-state index in [4.69, 9.17) is 4.74 Å². The summed E-state index contributed by atoms with van der Waals surface area (Å²) >= 11 is 0. The van der Waals surface area contributed by atoms with Crippen molar-refractivity contribution in [3.8, 4) is 0 Å². The van der Waals surface area contributed by atoms with Crippen molar-refractivity contribution in [3.63, 3.8) is 0 Å². The van der Waals surface area contributed by atoms with Gasteiger partial charge in [0.1, 0.15) is 12.1 Å². The second-order valence-electron chi connectivity index (χ2n) is 8.50. The number of carbonyl (C=O) groups is 2. The number of nitrogens with one attached hydrogen (secondary N) is 2. The van der Waals surface area contributed by atoms with Crippen LogP contribution in [0.2, 0.25) is 0 Å². The topological polar surface area (TPSA) is 93.2 Å². The molecule has 0 aliphatic carbocycles. The zero-order valence-electron chi connectivity index (χ0n) is 18.9. The number of nitrogens with zero attached hydrogens (tertiary/aromatic N) is 2. The van der Waals surface area contributed by atoms with Crippen molar-refractivity contribution in [3.05, 3.63) is 83.7 Å². The second-order valence-corrected chi connectivity index (χ2v) is 8.50. The lowest BCUT2D eigenvalue weighted by atomic mass is 9.80. The first-order valence-electron chi connectivity index (χ1n) is 11.0. The number of ketones is 1. The number of ether oxygens (including phenoxy) is 1. The average Bonchev–Trinajstić information content (AvgIpc) is 3.34. The summed E-state index contributed by atoms with van der Waals surface area (Å²) in [4.78, 5) is 33.4. The molecular formula is C25H22F4N4O3. The number of anilines is 2. The number of hydrogen-bond donors (Lipinski definition) is 2. The van der Waals surface area contributed by atoms with E-state index in [9.17, 15) is 27.2 Å². The molecule has 188 valence electrons. The molecule has 0 spiro atoms. The Kier molecular flexibility index (Phi) is 7.30. The zero-order chi connectivity index (χ0) is 25.8. The predicted molar refractivity (Wildman–Crippen MR) is 122 cm³/mol. The Balaban J connectivity index is 1.39. The lowest BCUT2D eigenvalue weighted by molar-refractivity contribution is -0.137. The molecule has 36 heavy (non-hydrogen) atoms. The van der Waals surface area contributed by atoms with Gasteiger partial charge in [-0.05, 0) is 42.3 Å². The van der Waals surface area contributed by atoms with E-state index >= 15 is 0 Å². The number of hydrogen-bond acceptors (Lipinski definition) is 6. The summed E-state index contributed by atoms with van der Waals surface area (Å²) in [5.74, 6) is -1.57. The van der Waals surface area contributed by atoms with Crippen molar-refractivity contribution in [2.75, 3.05) is 18.5 Å². The molecule has 7 nitrogen and oxygen atoms in total. The average molecular weight is 502 g/mol. The molecule has 1 aromatic heterocycles. The Hall–Kier alpha value is -3.86. The van der Waals surface area contributed by atoms with Crippen LogP contribution in [0.25, 0.3) is 0 Å². The van der Waals surface area contributed by atoms with E-state index in [0.29, 0.717) is 35.9 Å². The highest BCUT2D eigenvalue weighted by molar-refractivity contribution is 5.99. The first-order valence-corrected chi connectivity index (χ1v) is 11.0. The van der Waals surface area contributed by atoms with Gasteiger partial charge >= 0.3 is 6.18 Å². The van der Waals surface area contributed by atoms with E-state index in [1.54, 1.807) is 24.3 Å². The van der Waals surface area contributed by atoms with E-state index in [1.807, 2.05) is 0 Å². The van der Waals surface area contributed by atoms with E-state index in [0.717, 1.165) is 12.1 Å². The van der Waals surface area contributed by atoms with E-state index in [-0.39, 0.29) is 37.0 Å². The largest absolute Gasteiger partial charge is 0.418 e. The van der Waals surface area contributed by atoms with Gasteiger partial charge in [0.05, 0.1) is 28.8 Å². The van der Waals surface area contributed by atoms with Gasteiger partial charge in [0, 0.05) is 37.7 Å². The fourth-order valence-electron chi connectivity index (χ4n) is 3.95. The van der Waals surface area contributed by atoms with Crippen molar-refractivity contribution >= 4 is 23.1 Å². The lowest BCUT2D eigenvalue weighted by Crippen LogP contribution is -2.42. The maximum absolute atomic E-state index is 13.3. The van der Waals surface area contributed by atoms with Crippen molar-refractivity contribution in [2.45, 2.75) is 25.6 Å². The SMILES string of the molecule is O=C(C[C@@]1(C(=O)NCc2ccc(Nc3ccc(F)cc3C(F)(F)F)cc2)CCOC1)c1cncnc1. The van der Waals surface area contributed by atoms with Crippen molar-refractivity contribution < 1.29 is 31.9 Å². The summed E-state index contributed by atoms with van der Waals surface area (Å²) in [5, 5.41) is 5.48. The second kappa shape index (κ2) is 10.4. The number of amides is 1. The van der Waals surface area contributed by atoms with Crippen molar-refractivity contribution in [1.29, 1.82) is 0 Å². The number of benzene rings is 2. The van der Waals surface area contributed by atoms with Crippen LogP contribution in [0.1, 0.15) is 34.3 Å². The number of carbonyl (C=O) groups excluding carboxylic acids is 2. The molecule has 0 unspecified atom stereocenters. The quantitative estimate of drug-likeness (QED) is 0.344. The molecule has 1 atom stereocenters. The van der Waals surface area contributed by atoms with Crippen LogP contribution >= 0.6 is 0 Å². The summed E-state index contributed by atoms with van der Waals surface area (Å²) in [6.45, 7) is 0.615. The van der Waals surface area contributed by atoms with Gasteiger partial charge in [0.15, 0.2) is 5.78 Å². The molecule has 0 radical (unpaired) electrons. The van der Waals surface area contributed by atoms with Crippen LogP contribution in [-0.4, -0.2) is 34.9 Å². The smallest absolute Gasteiger partial charge is 0.380 e. The van der Waals surface area contributed by atoms with Gasteiger partial charge in [-0.15, -0.1) is 0 Å². The van der Waals surface area contributed by atoms with Crippen molar-refractivity contribution in [1.82, 2.24) is 15.3 Å². The molecule has 3 aromatic rings. The molecule has 2 aromatic carbocycles. The van der Waals surface area contributed by atoms with Crippen LogP contribution in [0, 0.1) is 11.2 Å². The summed E-state index contributed by atoms with van der Waals surface area (Å²) in [6.07, 6.45) is -0.266. The molecule has 11 heteroatoms. The van der Waals surface area contributed by atoms with Gasteiger partial charge in [-0.1, -0.05) is 12.1 Å².